The van der Waals surface area contributed by atoms with Crippen molar-refractivity contribution in [3.63, 3.8) is 0 Å². The number of halogens is 3. The second kappa shape index (κ2) is 7.28. The first-order valence-electron chi connectivity index (χ1n) is 8.05. The van der Waals surface area contributed by atoms with Crippen LogP contribution >= 0.6 is 0 Å². The quantitative estimate of drug-likeness (QED) is 0.662. The third-order valence-electron chi connectivity index (χ3n) is 3.90. The molecular weight excluding hydrogens is 395 g/mol. The third kappa shape index (κ3) is 4.18. The molecule has 0 radical (unpaired) electrons. The van der Waals surface area contributed by atoms with Crippen molar-refractivity contribution < 1.29 is 26.3 Å². The van der Waals surface area contributed by atoms with Crippen LogP contribution in [0.3, 0.4) is 0 Å². The number of hydrogen-bond donors (Lipinski definition) is 2. The first-order chi connectivity index (χ1) is 13.1. The number of alkyl halides is 3. The van der Waals surface area contributed by atoms with E-state index < -0.39 is 21.8 Å². The summed E-state index contributed by atoms with van der Waals surface area (Å²) in [5, 5.41) is 6.83. The molecule has 28 heavy (non-hydrogen) atoms. The van der Waals surface area contributed by atoms with E-state index in [0.717, 1.165) is 17.8 Å². The number of aryl methyl sites for hydroxylation is 1. The summed E-state index contributed by atoms with van der Waals surface area (Å²) in [6.07, 6.45) is -4.51. The van der Waals surface area contributed by atoms with Crippen LogP contribution in [0.4, 0.5) is 13.2 Å². The maximum absolute atomic E-state index is 12.9. The van der Waals surface area contributed by atoms with Gasteiger partial charge in [-0.25, -0.2) is 13.1 Å². The lowest BCUT2D eigenvalue weighted by atomic mass is 10.1. The molecule has 2 aromatic carbocycles. The molecule has 3 rings (SSSR count). The maximum atomic E-state index is 12.9. The molecule has 0 spiro atoms. The Balaban J connectivity index is 2.08. The van der Waals surface area contributed by atoms with E-state index in [4.69, 9.17) is 4.74 Å². The molecule has 0 aliphatic rings. The molecule has 1 heterocycles. The molecule has 0 amide bonds. The second-order valence-electron chi connectivity index (χ2n) is 5.93. The summed E-state index contributed by atoms with van der Waals surface area (Å²) in [5.74, 6) is 0.133. The molecule has 2 N–H and O–H groups in total. The Morgan fingerprint density at radius 1 is 1.11 bits per heavy atom. The van der Waals surface area contributed by atoms with Gasteiger partial charge in [-0.05, 0) is 56.4 Å². The van der Waals surface area contributed by atoms with E-state index in [2.05, 4.69) is 14.9 Å². The second-order valence-corrected chi connectivity index (χ2v) is 7.82. The lowest BCUT2D eigenvalue weighted by Crippen LogP contribution is -2.18. The highest BCUT2D eigenvalue weighted by atomic mass is 32.2. The highest BCUT2D eigenvalue weighted by molar-refractivity contribution is 7.89. The van der Waals surface area contributed by atoms with Crippen LogP contribution in [0.2, 0.25) is 0 Å². The van der Waals surface area contributed by atoms with Gasteiger partial charge >= 0.3 is 6.18 Å². The molecule has 0 unspecified atom stereocenters. The lowest BCUT2D eigenvalue weighted by Gasteiger charge is -2.13. The molecule has 0 atom stereocenters. The monoisotopic (exact) mass is 411 g/mol. The normalized spacial score (nSPS) is 12.2. The summed E-state index contributed by atoms with van der Waals surface area (Å²) in [7, 11) is -2.45. The Morgan fingerprint density at radius 2 is 1.86 bits per heavy atom. The van der Waals surface area contributed by atoms with Gasteiger partial charge in [0.2, 0.25) is 10.0 Å². The number of nitrogens with one attached hydrogen (secondary N) is 2. The van der Waals surface area contributed by atoms with Crippen LogP contribution in [0.1, 0.15) is 11.3 Å². The van der Waals surface area contributed by atoms with Crippen LogP contribution in [0, 0.1) is 6.92 Å². The van der Waals surface area contributed by atoms with E-state index >= 15 is 0 Å². The van der Waals surface area contributed by atoms with Gasteiger partial charge < -0.3 is 4.74 Å². The van der Waals surface area contributed by atoms with E-state index in [9.17, 15) is 21.6 Å². The topological polar surface area (TPSA) is 84.1 Å². The summed E-state index contributed by atoms with van der Waals surface area (Å²) < 4.78 is 70.9. The minimum absolute atomic E-state index is 0.0259. The molecular formula is C18H16F3N3O3S. The minimum atomic E-state index is -4.51. The molecule has 10 heteroatoms. The zero-order chi connectivity index (χ0) is 20.5. The number of H-pyrrole nitrogens is 1. The fraction of sp³-hybridized carbons (Fsp3) is 0.167. The maximum Gasteiger partial charge on any atom is 0.416 e. The van der Waals surface area contributed by atoms with Gasteiger partial charge in [0.15, 0.2) is 0 Å². The fourth-order valence-electron chi connectivity index (χ4n) is 2.50. The van der Waals surface area contributed by atoms with E-state index in [1.165, 1.54) is 37.4 Å². The number of aromatic amines is 1. The largest absolute Gasteiger partial charge is 0.457 e. The molecule has 0 aliphatic heterocycles. The molecule has 1 aromatic heterocycles. The molecule has 0 aliphatic carbocycles. The average Bonchev–Trinajstić information content (AvgIpc) is 3.07. The zero-order valence-electron chi connectivity index (χ0n) is 14.8. The highest BCUT2D eigenvalue weighted by Gasteiger charge is 2.30. The van der Waals surface area contributed by atoms with Gasteiger partial charge in [-0.2, -0.15) is 18.3 Å². The van der Waals surface area contributed by atoms with Crippen molar-refractivity contribution in [3.05, 3.63) is 59.8 Å². The van der Waals surface area contributed by atoms with Gasteiger partial charge in [-0.15, -0.1) is 0 Å². The average molecular weight is 411 g/mol. The van der Waals surface area contributed by atoms with Gasteiger partial charge in [0.25, 0.3) is 0 Å². The molecule has 0 saturated heterocycles. The van der Waals surface area contributed by atoms with Crippen molar-refractivity contribution in [2.45, 2.75) is 18.0 Å². The first-order valence-corrected chi connectivity index (χ1v) is 9.53. The number of benzene rings is 2. The zero-order valence-corrected chi connectivity index (χ0v) is 15.6. The van der Waals surface area contributed by atoms with E-state index in [1.807, 2.05) is 0 Å². The summed E-state index contributed by atoms with van der Waals surface area (Å²) >= 11 is 0. The predicted octanol–water partition coefficient (Wildman–Crippen LogP) is 4.10. The Morgan fingerprint density at radius 3 is 2.46 bits per heavy atom. The van der Waals surface area contributed by atoms with E-state index in [1.54, 1.807) is 13.0 Å². The van der Waals surface area contributed by atoms with Crippen molar-refractivity contribution in [1.82, 2.24) is 14.9 Å². The van der Waals surface area contributed by atoms with Crippen LogP contribution in [0.5, 0.6) is 11.5 Å². The van der Waals surface area contributed by atoms with Crippen molar-refractivity contribution in [2.24, 2.45) is 0 Å². The molecule has 6 nitrogen and oxygen atoms in total. The Labute approximate surface area is 159 Å². The number of sulfonamides is 1. The smallest absolute Gasteiger partial charge is 0.416 e. The number of aromatic nitrogens is 2. The van der Waals surface area contributed by atoms with Crippen molar-refractivity contribution in [3.8, 4) is 22.8 Å². The van der Waals surface area contributed by atoms with Crippen molar-refractivity contribution >= 4 is 10.0 Å². The Hall–Kier alpha value is -2.85. The third-order valence-corrected chi connectivity index (χ3v) is 5.31. The lowest BCUT2D eigenvalue weighted by molar-refractivity contribution is -0.137. The fourth-order valence-corrected chi connectivity index (χ4v) is 3.26. The number of nitrogens with zero attached hydrogens (tertiary/aromatic N) is 1. The van der Waals surface area contributed by atoms with Crippen LogP contribution in [-0.2, 0) is 16.2 Å². The summed E-state index contributed by atoms with van der Waals surface area (Å²) in [6, 6.07) is 10.1. The van der Waals surface area contributed by atoms with Crippen LogP contribution in [0.15, 0.2) is 53.4 Å². The minimum Gasteiger partial charge on any atom is -0.457 e. The summed E-state index contributed by atoms with van der Waals surface area (Å²) in [5.41, 5.74) is 0.587. The standard InChI is InChI=1S/C18H16F3N3O3S/c1-11-8-16(24-23-11)15-10-14(28(25,26)22-2)6-7-17(15)27-13-5-3-4-12(9-13)18(19,20)21/h3-10,22H,1-2H3,(H,23,24). The summed E-state index contributed by atoms with van der Waals surface area (Å²) in [4.78, 5) is -0.0259. The first kappa shape index (κ1) is 19.9. The molecule has 0 bridgehead atoms. The molecule has 148 valence electrons. The van der Waals surface area contributed by atoms with E-state index in [0.29, 0.717) is 11.3 Å². The van der Waals surface area contributed by atoms with Gasteiger partial charge in [-0.1, -0.05) is 6.07 Å². The van der Waals surface area contributed by atoms with Crippen molar-refractivity contribution in [2.75, 3.05) is 7.05 Å². The van der Waals surface area contributed by atoms with Crippen LogP contribution < -0.4 is 9.46 Å². The van der Waals surface area contributed by atoms with Crippen molar-refractivity contribution in [1.29, 1.82) is 0 Å². The Bertz CT molecular complexity index is 1110. The van der Waals surface area contributed by atoms with Gasteiger partial charge in [0, 0.05) is 11.3 Å². The van der Waals surface area contributed by atoms with Gasteiger partial charge in [-0.3, -0.25) is 5.10 Å². The van der Waals surface area contributed by atoms with Gasteiger partial charge in [0.05, 0.1) is 16.2 Å². The Kier molecular flexibility index (Phi) is 5.18. The molecule has 3 aromatic rings. The van der Waals surface area contributed by atoms with E-state index in [-0.39, 0.29) is 16.4 Å². The summed E-state index contributed by atoms with van der Waals surface area (Å²) in [6.45, 7) is 1.76. The van der Waals surface area contributed by atoms with Crippen LogP contribution in [0.25, 0.3) is 11.3 Å². The predicted molar refractivity (Wildman–Crippen MR) is 96.5 cm³/mol. The van der Waals surface area contributed by atoms with Gasteiger partial charge in [0.1, 0.15) is 11.5 Å². The molecule has 0 fully saturated rings. The van der Waals surface area contributed by atoms with Crippen LogP contribution in [-0.4, -0.2) is 25.7 Å². The highest BCUT2D eigenvalue weighted by Crippen LogP contribution is 2.37. The molecule has 0 saturated carbocycles. The number of ether oxygens (including phenoxy) is 1. The number of rotatable bonds is 5. The number of hydrogen-bond acceptors (Lipinski definition) is 4. The SMILES string of the molecule is CNS(=O)(=O)c1ccc(Oc2cccc(C(F)(F)F)c2)c(-c2cc(C)[nH]n2)c1.